The predicted octanol–water partition coefficient (Wildman–Crippen LogP) is 5.90. The molecule has 2 aromatic carbocycles. The smallest absolute Gasteiger partial charge is 0.416 e. The molecule has 0 aliphatic heterocycles. The Balaban J connectivity index is 2.06. The molecule has 3 rings (SSSR count). The fraction of sp³-hybridized carbons (Fsp3) is 0.250. The van der Waals surface area contributed by atoms with Crippen LogP contribution in [-0.2, 0) is 10.9 Å². The highest BCUT2D eigenvalue weighted by Gasteiger charge is 2.30. The lowest BCUT2D eigenvalue weighted by Gasteiger charge is -2.25. The van der Waals surface area contributed by atoms with Gasteiger partial charge in [0.25, 0.3) is 0 Å². The number of hydrogen-bond donors (Lipinski definition) is 1. The van der Waals surface area contributed by atoms with Crippen molar-refractivity contribution in [2.45, 2.75) is 32.5 Å². The Labute approximate surface area is 194 Å². The second kappa shape index (κ2) is 9.39. The van der Waals surface area contributed by atoms with Crippen molar-refractivity contribution in [1.82, 2.24) is 15.4 Å². The van der Waals surface area contributed by atoms with E-state index in [2.05, 4.69) is 15.4 Å². The standard InChI is InChI=1S/C24H22F3N5O2/c1-23(2,3)34-22(33)32(4)20-11-10-17(21-19(14-28)29-31-30-21)13-16(20)9-8-15-6-5-7-18(12-15)24(25,26)27/h5-13H,1-4H3,(H,29,30,31)/b9-8+. The van der Waals surface area contributed by atoms with E-state index in [1.165, 1.54) is 30.2 Å². The summed E-state index contributed by atoms with van der Waals surface area (Å²) in [5.74, 6) is 0. The van der Waals surface area contributed by atoms with Gasteiger partial charge in [-0.2, -0.15) is 18.4 Å². The molecule has 0 unspecified atom stereocenters. The predicted molar refractivity (Wildman–Crippen MR) is 122 cm³/mol. The Morgan fingerprint density at radius 2 is 1.88 bits per heavy atom. The molecule has 10 heteroatoms. The van der Waals surface area contributed by atoms with E-state index in [9.17, 15) is 23.2 Å². The third-order valence-electron chi connectivity index (χ3n) is 4.66. The summed E-state index contributed by atoms with van der Waals surface area (Å²) in [6.07, 6.45) is -1.98. The molecule has 0 fully saturated rings. The second-order valence-electron chi connectivity index (χ2n) is 8.42. The molecule has 0 atom stereocenters. The Morgan fingerprint density at radius 1 is 1.15 bits per heavy atom. The highest BCUT2D eigenvalue weighted by Crippen LogP contribution is 2.32. The first-order valence-electron chi connectivity index (χ1n) is 10.2. The second-order valence-corrected chi connectivity index (χ2v) is 8.42. The van der Waals surface area contributed by atoms with E-state index in [1.807, 2.05) is 6.07 Å². The number of aromatic amines is 1. The number of nitrogens with zero attached hydrogens (tertiary/aromatic N) is 4. The lowest BCUT2D eigenvalue weighted by atomic mass is 10.0. The molecule has 34 heavy (non-hydrogen) atoms. The number of ether oxygens (including phenoxy) is 1. The Hall–Kier alpha value is -4.13. The van der Waals surface area contributed by atoms with Gasteiger partial charge in [0.2, 0.25) is 0 Å². The molecular weight excluding hydrogens is 447 g/mol. The zero-order valence-corrected chi connectivity index (χ0v) is 18.9. The van der Waals surface area contributed by atoms with Crippen LogP contribution in [0.1, 0.15) is 43.2 Å². The maximum Gasteiger partial charge on any atom is 0.416 e. The van der Waals surface area contributed by atoms with E-state index in [4.69, 9.17) is 4.74 Å². The molecule has 1 amide bonds. The quantitative estimate of drug-likeness (QED) is 0.480. The number of amides is 1. The fourth-order valence-electron chi connectivity index (χ4n) is 3.08. The van der Waals surface area contributed by atoms with Gasteiger partial charge in [-0.3, -0.25) is 4.90 Å². The summed E-state index contributed by atoms with van der Waals surface area (Å²) in [6, 6.07) is 11.8. The molecule has 7 nitrogen and oxygen atoms in total. The van der Waals surface area contributed by atoms with Crippen molar-refractivity contribution in [2.24, 2.45) is 0 Å². The zero-order chi connectivity index (χ0) is 25.1. The fourth-order valence-corrected chi connectivity index (χ4v) is 3.08. The van der Waals surface area contributed by atoms with Crippen LogP contribution in [0.15, 0.2) is 42.5 Å². The Morgan fingerprint density at radius 3 is 2.53 bits per heavy atom. The van der Waals surface area contributed by atoms with E-state index in [0.717, 1.165) is 12.1 Å². The van der Waals surface area contributed by atoms with Gasteiger partial charge in [-0.15, -0.1) is 5.10 Å². The topological polar surface area (TPSA) is 94.9 Å². The minimum Gasteiger partial charge on any atom is -0.443 e. The van der Waals surface area contributed by atoms with Gasteiger partial charge in [0, 0.05) is 12.6 Å². The zero-order valence-electron chi connectivity index (χ0n) is 18.9. The van der Waals surface area contributed by atoms with Crippen LogP contribution < -0.4 is 4.90 Å². The minimum absolute atomic E-state index is 0.154. The van der Waals surface area contributed by atoms with Crippen LogP contribution in [-0.4, -0.2) is 34.2 Å². The third kappa shape index (κ3) is 5.81. The summed E-state index contributed by atoms with van der Waals surface area (Å²) in [4.78, 5) is 13.9. The molecule has 0 saturated heterocycles. The number of halogens is 3. The van der Waals surface area contributed by atoms with Crippen LogP contribution in [0.5, 0.6) is 0 Å². The van der Waals surface area contributed by atoms with Crippen LogP contribution in [0, 0.1) is 11.3 Å². The van der Waals surface area contributed by atoms with Gasteiger partial charge in [0.1, 0.15) is 17.4 Å². The van der Waals surface area contributed by atoms with Gasteiger partial charge in [-0.1, -0.05) is 35.6 Å². The lowest BCUT2D eigenvalue weighted by molar-refractivity contribution is -0.137. The normalized spacial score (nSPS) is 11.9. The Kier molecular flexibility index (Phi) is 6.77. The summed E-state index contributed by atoms with van der Waals surface area (Å²) in [6.45, 7) is 5.22. The number of carbonyl (C=O) groups is 1. The molecule has 0 radical (unpaired) electrons. The van der Waals surface area contributed by atoms with Crippen molar-refractivity contribution in [3.05, 3.63) is 64.8 Å². The molecule has 0 spiro atoms. The first kappa shape index (κ1) is 24.5. The van der Waals surface area contributed by atoms with E-state index in [-0.39, 0.29) is 5.69 Å². The number of aromatic nitrogens is 3. The molecule has 176 valence electrons. The average Bonchev–Trinajstić information content (AvgIpc) is 3.24. The van der Waals surface area contributed by atoms with Crippen LogP contribution in [0.25, 0.3) is 23.4 Å². The molecule has 1 aromatic heterocycles. The van der Waals surface area contributed by atoms with Gasteiger partial charge < -0.3 is 4.74 Å². The molecular formula is C24H22F3N5O2. The first-order chi connectivity index (χ1) is 15.9. The molecule has 0 aliphatic carbocycles. The van der Waals surface area contributed by atoms with Gasteiger partial charge >= 0.3 is 12.3 Å². The van der Waals surface area contributed by atoms with Gasteiger partial charge in [0.05, 0.1) is 11.3 Å². The number of rotatable bonds is 4. The molecule has 0 saturated carbocycles. The highest BCUT2D eigenvalue weighted by atomic mass is 19.4. The number of nitriles is 1. The highest BCUT2D eigenvalue weighted by molar-refractivity contribution is 5.92. The van der Waals surface area contributed by atoms with Crippen molar-refractivity contribution in [3.63, 3.8) is 0 Å². The summed E-state index contributed by atoms with van der Waals surface area (Å²) >= 11 is 0. The maximum atomic E-state index is 13.1. The SMILES string of the molecule is CN(C(=O)OC(C)(C)C)c1ccc(-c2nn[nH]c2C#N)cc1/C=C/c1cccc(C(F)(F)F)c1. The molecule has 3 aromatic rings. The monoisotopic (exact) mass is 469 g/mol. The molecule has 1 heterocycles. The van der Waals surface area contributed by atoms with Crippen molar-refractivity contribution in [3.8, 4) is 17.3 Å². The molecule has 1 N–H and O–H groups in total. The number of benzene rings is 2. The number of hydrogen-bond acceptors (Lipinski definition) is 5. The van der Waals surface area contributed by atoms with Crippen molar-refractivity contribution >= 4 is 23.9 Å². The third-order valence-corrected chi connectivity index (χ3v) is 4.66. The lowest BCUT2D eigenvalue weighted by Crippen LogP contribution is -2.34. The van der Waals surface area contributed by atoms with Crippen LogP contribution >= 0.6 is 0 Å². The molecule has 0 aliphatic rings. The Bertz CT molecular complexity index is 1270. The van der Waals surface area contributed by atoms with Crippen LogP contribution in [0.3, 0.4) is 0 Å². The first-order valence-corrected chi connectivity index (χ1v) is 10.2. The largest absolute Gasteiger partial charge is 0.443 e. The van der Waals surface area contributed by atoms with E-state index in [0.29, 0.717) is 28.1 Å². The number of anilines is 1. The van der Waals surface area contributed by atoms with E-state index < -0.39 is 23.4 Å². The number of alkyl halides is 3. The van der Waals surface area contributed by atoms with E-state index in [1.54, 1.807) is 45.0 Å². The van der Waals surface area contributed by atoms with Crippen LogP contribution in [0.4, 0.5) is 23.7 Å². The number of carbonyl (C=O) groups excluding carboxylic acids is 1. The van der Waals surface area contributed by atoms with Gasteiger partial charge in [-0.05, 0) is 56.2 Å². The summed E-state index contributed by atoms with van der Waals surface area (Å²) in [5.41, 5.74) is 0.778. The van der Waals surface area contributed by atoms with Gasteiger partial charge in [-0.25, -0.2) is 9.89 Å². The summed E-state index contributed by atoms with van der Waals surface area (Å²) in [7, 11) is 1.53. The summed E-state index contributed by atoms with van der Waals surface area (Å²) in [5, 5.41) is 19.3. The van der Waals surface area contributed by atoms with E-state index >= 15 is 0 Å². The van der Waals surface area contributed by atoms with Crippen LogP contribution in [0.2, 0.25) is 0 Å². The van der Waals surface area contributed by atoms with Crippen molar-refractivity contribution in [1.29, 1.82) is 5.26 Å². The maximum absolute atomic E-state index is 13.1. The van der Waals surface area contributed by atoms with Crippen molar-refractivity contribution < 1.29 is 22.7 Å². The van der Waals surface area contributed by atoms with Gasteiger partial charge in [0.15, 0.2) is 5.69 Å². The average molecular weight is 469 g/mol. The molecule has 0 bridgehead atoms. The van der Waals surface area contributed by atoms with Crippen molar-refractivity contribution in [2.75, 3.05) is 11.9 Å². The minimum atomic E-state index is -4.47. The number of nitrogens with one attached hydrogen (secondary N) is 1. The number of H-pyrrole nitrogens is 1. The summed E-state index contributed by atoms with van der Waals surface area (Å²) < 4.78 is 44.7.